The van der Waals surface area contributed by atoms with E-state index in [9.17, 15) is 4.79 Å². The highest BCUT2D eigenvalue weighted by atomic mass is 79.9. The molecule has 0 bridgehead atoms. The summed E-state index contributed by atoms with van der Waals surface area (Å²) in [4.78, 5) is 12.1. The van der Waals surface area contributed by atoms with Crippen molar-refractivity contribution in [2.45, 2.75) is 13.0 Å². The van der Waals surface area contributed by atoms with E-state index < -0.39 is 6.10 Å². The smallest absolute Gasteiger partial charge is 0.265 e. The first-order chi connectivity index (χ1) is 10.6. The van der Waals surface area contributed by atoms with Crippen molar-refractivity contribution in [1.29, 1.82) is 0 Å². The Balaban J connectivity index is 1.62. The van der Waals surface area contributed by atoms with Crippen LogP contribution in [0.15, 0.2) is 46.9 Å². The Morgan fingerprint density at radius 1 is 1.18 bits per heavy atom. The van der Waals surface area contributed by atoms with Crippen molar-refractivity contribution in [3.63, 3.8) is 0 Å². The molecule has 1 atom stereocenters. The lowest BCUT2D eigenvalue weighted by Gasteiger charge is -2.15. The number of halogens is 1. The predicted octanol–water partition coefficient (Wildman–Crippen LogP) is 3.58. The van der Waals surface area contributed by atoms with Crippen LogP contribution in [0, 0.1) is 0 Å². The average molecular weight is 364 g/mol. The van der Waals surface area contributed by atoms with Gasteiger partial charge in [0.2, 0.25) is 6.79 Å². The molecular weight excluding hydrogens is 350 g/mol. The highest BCUT2D eigenvalue weighted by Crippen LogP contribution is 2.35. The standard InChI is InChI=1S/C16H14BrNO4/c1-10(16(19)18-12-4-2-11(17)3-5-12)22-13-6-7-14-15(8-13)21-9-20-14/h2-8,10H,9H2,1H3,(H,18,19). The van der Waals surface area contributed by atoms with Gasteiger partial charge in [-0.25, -0.2) is 0 Å². The zero-order valence-electron chi connectivity index (χ0n) is 11.8. The molecule has 6 heteroatoms. The summed E-state index contributed by atoms with van der Waals surface area (Å²) in [5.41, 5.74) is 0.717. The van der Waals surface area contributed by atoms with Crippen molar-refractivity contribution >= 4 is 27.5 Å². The Bertz CT molecular complexity index is 687. The second-order valence-electron chi connectivity index (χ2n) is 4.77. The van der Waals surface area contributed by atoms with Crippen molar-refractivity contribution in [1.82, 2.24) is 0 Å². The highest BCUT2D eigenvalue weighted by molar-refractivity contribution is 9.10. The van der Waals surface area contributed by atoms with Crippen LogP contribution in [0.5, 0.6) is 17.2 Å². The number of amides is 1. The number of hydrogen-bond donors (Lipinski definition) is 1. The van der Waals surface area contributed by atoms with Crippen LogP contribution in [0.25, 0.3) is 0 Å². The number of carbonyl (C=O) groups is 1. The van der Waals surface area contributed by atoms with Crippen LogP contribution >= 0.6 is 15.9 Å². The fraction of sp³-hybridized carbons (Fsp3) is 0.188. The third-order valence-electron chi connectivity index (χ3n) is 3.14. The van der Waals surface area contributed by atoms with Crippen LogP contribution in [0.4, 0.5) is 5.69 Å². The van der Waals surface area contributed by atoms with Gasteiger partial charge >= 0.3 is 0 Å². The Morgan fingerprint density at radius 3 is 2.68 bits per heavy atom. The highest BCUT2D eigenvalue weighted by Gasteiger charge is 2.18. The van der Waals surface area contributed by atoms with Crippen LogP contribution in [-0.4, -0.2) is 18.8 Å². The molecule has 2 aromatic rings. The van der Waals surface area contributed by atoms with Gasteiger partial charge in [0.15, 0.2) is 17.6 Å². The molecule has 114 valence electrons. The summed E-state index contributed by atoms with van der Waals surface area (Å²) in [7, 11) is 0. The van der Waals surface area contributed by atoms with Gasteiger partial charge in [0.05, 0.1) is 0 Å². The van der Waals surface area contributed by atoms with Gasteiger partial charge in [-0.2, -0.15) is 0 Å². The SMILES string of the molecule is CC(Oc1ccc2c(c1)OCO2)C(=O)Nc1ccc(Br)cc1. The van der Waals surface area contributed by atoms with Gasteiger partial charge in [-0.05, 0) is 43.3 Å². The molecule has 1 N–H and O–H groups in total. The lowest BCUT2D eigenvalue weighted by Crippen LogP contribution is -2.30. The molecule has 1 aliphatic heterocycles. The second-order valence-corrected chi connectivity index (χ2v) is 5.69. The van der Waals surface area contributed by atoms with Crippen LogP contribution in [0.3, 0.4) is 0 Å². The predicted molar refractivity (Wildman–Crippen MR) is 85.4 cm³/mol. The summed E-state index contributed by atoms with van der Waals surface area (Å²) < 4.78 is 17.1. The molecule has 0 aliphatic carbocycles. The molecule has 2 aromatic carbocycles. The van der Waals surface area contributed by atoms with Gasteiger partial charge in [0.1, 0.15) is 5.75 Å². The third kappa shape index (κ3) is 3.33. The molecule has 5 nitrogen and oxygen atoms in total. The van der Waals surface area contributed by atoms with Gasteiger partial charge < -0.3 is 19.5 Å². The second kappa shape index (κ2) is 6.27. The van der Waals surface area contributed by atoms with Crippen molar-refractivity contribution in [2.24, 2.45) is 0 Å². The number of rotatable bonds is 4. The Kier molecular flexibility index (Phi) is 4.20. The number of anilines is 1. The molecule has 0 saturated heterocycles. The van der Waals surface area contributed by atoms with Crippen molar-refractivity contribution in [3.05, 3.63) is 46.9 Å². The fourth-order valence-electron chi connectivity index (χ4n) is 1.98. The molecule has 22 heavy (non-hydrogen) atoms. The average Bonchev–Trinajstić information content (AvgIpc) is 2.97. The number of fused-ring (bicyclic) bond motifs is 1. The molecule has 1 unspecified atom stereocenters. The monoisotopic (exact) mass is 363 g/mol. The maximum Gasteiger partial charge on any atom is 0.265 e. The molecule has 0 fully saturated rings. The third-order valence-corrected chi connectivity index (χ3v) is 3.67. The lowest BCUT2D eigenvalue weighted by atomic mass is 10.3. The molecule has 0 saturated carbocycles. The minimum absolute atomic E-state index is 0.207. The minimum Gasteiger partial charge on any atom is -0.481 e. The van der Waals surface area contributed by atoms with E-state index in [2.05, 4.69) is 21.2 Å². The number of nitrogens with one attached hydrogen (secondary N) is 1. The quantitative estimate of drug-likeness (QED) is 0.901. The lowest BCUT2D eigenvalue weighted by molar-refractivity contribution is -0.122. The zero-order chi connectivity index (χ0) is 15.5. The van der Waals surface area contributed by atoms with Crippen LogP contribution in [0.1, 0.15) is 6.92 Å². The van der Waals surface area contributed by atoms with Crippen LogP contribution in [-0.2, 0) is 4.79 Å². The van der Waals surface area contributed by atoms with E-state index in [4.69, 9.17) is 14.2 Å². The molecule has 1 amide bonds. The first kappa shape index (κ1) is 14.7. The fourth-order valence-corrected chi connectivity index (χ4v) is 2.25. The first-order valence-corrected chi connectivity index (χ1v) is 7.54. The summed E-state index contributed by atoms with van der Waals surface area (Å²) in [6.45, 7) is 1.90. The topological polar surface area (TPSA) is 56.8 Å². The first-order valence-electron chi connectivity index (χ1n) is 6.74. The Morgan fingerprint density at radius 2 is 1.91 bits per heavy atom. The number of benzene rings is 2. The van der Waals surface area contributed by atoms with Crippen molar-refractivity contribution in [2.75, 3.05) is 12.1 Å². The molecule has 0 aromatic heterocycles. The molecule has 0 spiro atoms. The normalized spacial score (nSPS) is 13.5. The van der Waals surface area contributed by atoms with E-state index >= 15 is 0 Å². The van der Waals surface area contributed by atoms with Crippen molar-refractivity contribution in [3.8, 4) is 17.2 Å². The van der Waals surface area contributed by atoms with Gasteiger partial charge in [0.25, 0.3) is 5.91 Å². The zero-order valence-corrected chi connectivity index (χ0v) is 13.4. The number of carbonyl (C=O) groups excluding carboxylic acids is 1. The molecule has 0 radical (unpaired) electrons. The van der Waals surface area contributed by atoms with E-state index in [1.54, 1.807) is 25.1 Å². The number of hydrogen-bond acceptors (Lipinski definition) is 4. The summed E-state index contributed by atoms with van der Waals surface area (Å²) in [6, 6.07) is 12.6. The van der Waals surface area contributed by atoms with Gasteiger partial charge in [-0.3, -0.25) is 4.79 Å². The molecule has 3 rings (SSSR count). The van der Waals surface area contributed by atoms with E-state index in [1.807, 2.05) is 24.3 Å². The largest absolute Gasteiger partial charge is 0.481 e. The van der Waals surface area contributed by atoms with Gasteiger partial charge in [0, 0.05) is 16.2 Å². The Hall–Kier alpha value is -2.21. The van der Waals surface area contributed by atoms with Crippen LogP contribution < -0.4 is 19.5 Å². The van der Waals surface area contributed by atoms with Crippen molar-refractivity contribution < 1.29 is 19.0 Å². The Labute approximate surface area is 136 Å². The maximum absolute atomic E-state index is 12.1. The van der Waals surface area contributed by atoms with Crippen LogP contribution in [0.2, 0.25) is 0 Å². The summed E-state index contributed by atoms with van der Waals surface area (Å²) >= 11 is 3.35. The van der Waals surface area contributed by atoms with E-state index in [-0.39, 0.29) is 12.7 Å². The van der Waals surface area contributed by atoms with Gasteiger partial charge in [-0.15, -0.1) is 0 Å². The molecular formula is C16H14BrNO4. The van der Waals surface area contributed by atoms with E-state index in [1.165, 1.54) is 0 Å². The van der Waals surface area contributed by atoms with E-state index in [0.29, 0.717) is 22.9 Å². The summed E-state index contributed by atoms with van der Waals surface area (Å²) in [5, 5.41) is 2.80. The summed E-state index contributed by atoms with van der Waals surface area (Å²) in [6.07, 6.45) is -0.635. The minimum atomic E-state index is -0.635. The van der Waals surface area contributed by atoms with E-state index in [0.717, 1.165) is 4.47 Å². The van der Waals surface area contributed by atoms with Gasteiger partial charge in [-0.1, -0.05) is 15.9 Å². The number of ether oxygens (including phenoxy) is 3. The molecule has 1 heterocycles. The maximum atomic E-state index is 12.1. The molecule has 1 aliphatic rings. The summed E-state index contributed by atoms with van der Waals surface area (Å²) in [5.74, 6) is 1.64.